The maximum atomic E-state index is 13.6. The topological polar surface area (TPSA) is 108 Å². The van der Waals surface area contributed by atoms with Crippen LogP contribution in [0.1, 0.15) is 45.1 Å². The van der Waals surface area contributed by atoms with Gasteiger partial charge in [0.2, 0.25) is 17.7 Å². The van der Waals surface area contributed by atoms with Crippen LogP contribution in [0.4, 0.5) is 0 Å². The van der Waals surface area contributed by atoms with Gasteiger partial charge >= 0.3 is 0 Å². The Morgan fingerprint density at radius 2 is 1.94 bits per heavy atom. The number of nitrogens with zero attached hydrogens (tertiary/aromatic N) is 1. The monoisotopic (exact) mass is 443 g/mol. The molecular formula is C24H33N3O5. The average molecular weight is 444 g/mol. The highest BCUT2D eigenvalue weighted by Gasteiger charge is 2.77. The number of aliphatic hydroxyl groups excluding tert-OH is 1. The number of ether oxygens (including phenoxy) is 1. The molecule has 3 fully saturated rings. The molecule has 3 aliphatic rings. The normalized spacial score (nSPS) is 32.8. The number of benzene rings is 1. The van der Waals surface area contributed by atoms with Crippen LogP contribution in [0.2, 0.25) is 0 Å². The molecule has 8 heteroatoms. The van der Waals surface area contributed by atoms with Crippen LogP contribution in [-0.2, 0) is 25.7 Å². The third-order valence-corrected chi connectivity index (χ3v) is 7.22. The molecule has 2 bridgehead atoms. The number of nitrogens with one attached hydrogen (secondary N) is 2. The summed E-state index contributed by atoms with van der Waals surface area (Å²) in [5.41, 5.74) is -0.823. The molecule has 3 aliphatic heterocycles. The van der Waals surface area contributed by atoms with Gasteiger partial charge in [-0.05, 0) is 38.2 Å². The van der Waals surface area contributed by atoms with E-state index in [9.17, 15) is 19.5 Å². The molecule has 3 saturated heterocycles. The van der Waals surface area contributed by atoms with E-state index in [4.69, 9.17) is 4.74 Å². The van der Waals surface area contributed by atoms with Gasteiger partial charge in [0.05, 0.1) is 17.4 Å². The highest BCUT2D eigenvalue weighted by molar-refractivity contribution is 5.99. The van der Waals surface area contributed by atoms with Crippen molar-refractivity contribution in [3.05, 3.63) is 35.9 Å². The molecule has 32 heavy (non-hydrogen) atoms. The summed E-state index contributed by atoms with van der Waals surface area (Å²) in [6.07, 6.45) is 2.34. The van der Waals surface area contributed by atoms with Crippen LogP contribution in [0.5, 0.6) is 0 Å². The SMILES string of the molecule is CCCNC(=O)[C@H]1[C@H]2C(=O)N(CCCO)C(C(=O)NCc3ccccc3)C23CC[C@]1(C)O3. The van der Waals surface area contributed by atoms with Crippen molar-refractivity contribution in [2.75, 3.05) is 19.7 Å². The first-order valence-corrected chi connectivity index (χ1v) is 11.6. The molecule has 0 saturated carbocycles. The number of hydrogen-bond donors (Lipinski definition) is 3. The summed E-state index contributed by atoms with van der Waals surface area (Å²) in [5, 5.41) is 15.3. The van der Waals surface area contributed by atoms with Crippen LogP contribution in [0.3, 0.4) is 0 Å². The van der Waals surface area contributed by atoms with Crippen molar-refractivity contribution in [3.8, 4) is 0 Å². The lowest BCUT2D eigenvalue weighted by Gasteiger charge is -2.33. The molecule has 1 aromatic carbocycles. The summed E-state index contributed by atoms with van der Waals surface area (Å²) in [5.74, 6) is -2.00. The molecule has 3 heterocycles. The highest BCUT2D eigenvalue weighted by Crippen LogP contribution is 2.63. The molecule has 1 aromatic rings. The van der Waals surface area contributed by atoms with E-state index in [2.05, 4.69) is 10.6 Å². The first-order valence-electron chi connectivity index (χ1n) is 11.6. The second kappa shape index (κ2) is 8.83. The zero-order valence-electron chi connectivity index (χ0n) is 18.8. The Balaban J connectivity index is 1.63. The molecule has 0 radical (unpaired) electrons. The molecule has 2 unspecified atom stereocenters. The van der Waals surface area contributed by atoms with Gasteiger partial charge in [0.25, 0.3) is 0 Å². The summed E-state index contributed by atoms with van der Waals surface area (Å²) in [4.78, 5) is 41.7. The Hall–Kier alpha value is -2.45. The molecule has 1 spiro atoms. The first-order chi connectivity index (χ1) is 15.4. The van der Waals surface area contributed by atoms with E-state index in [1.807, 2.05) is 44.2 Å². The van der Waals surface area contributed by atoms with Gasteiger partial charge in [0, 0.05) is 26.2 Å². The van der Waals surface area contributed by atoms with E-state index in [0.29, 0.717) is 32.4 Å². The fraction of sp³-hybridized carbons (Fsp3) is 0.625. The lowest BCUT2D eigenvalue weighted by Crippen LogP contribution is -2.55. The zero-order valence-corrected chi connectivity index (χ0v) is 18.8. The largest absolute Gasteiger partial charge is 0.396 e. The number of hydrogen-bond acceptors (Lipinski definition) is 5. The van der Waals surface area contributed by atoms with Gasteiger partial charge in [-0.15, -0.1) is 0 Å². The third-order valence-electron chi connectivity index (χ3n) is 7.22. The molecule has 0 aromatic heterocycles. The number of carbonyl (C=O) groups is 3. The number of fused-ring (bicyclic) bond motifs is 1. The number of likely N-dealkylation sites (tertiary alicyclic amines) is 1. The Bertz CT molecular complexity index is 878. The molecule has 3 amide bonds. The van der Waals surface area contributed by atoms with E-state index in [1.54, 1.807) is 0 Å². The van der Waals surface area contributed by atoms with Crippen LogP contribution in [0, 0.1) is 11.8 Å². The second-order valence-electron chi connectivity index (χ2n) is 9.33. The summed E-state index contributed by atoms with van der Waals surface area (Å²) >= 11 is 0. The maximum Gasteiger partial charge on any atom is 0.246 e. The number of amides is 3. The number of aliphatic hydroxyl groups is 1. The Labute approximate surface area is 188 Å². The zero-order chi connectivity index (χ0) is 22.9. The molecule has 0 aliphatic carbocycles. The lowest BCUT2D eigenvalue weighted by molar-refractivity contribution is -0.146. The Morgan fingerprint density at radius 1 is 1.19 bits per heavy atom. The highest BCUT2D eigenvalue weighted by atomic mass is 16.5. The smallest absolute Gasteiger partial charge is 0.246 e. The van der Waals surface area contributed by atoms with Crippen molar-refractivity contribution >= 4 is 17.7 Å². The standard InChI is InChI=1S/C24H33N3O5/c1-3-12-25-20(29)17-18-22(31)27(13-7-14-28)19(24(18)11-10-23(17,2)32-24)21(30)26-15-16-8-5-4-6-9-16/h4-6,8-9,17-19,28H,3,7,10-15H2,1-2H3,(H,25,29)(H,26,30)/t17-,18+,19?,23+,24?/m1/s1. The Morgan fingerprint density at radius 3 is 2.62 bits per heavy atom. The average Bonchev–Trinajstić information content (AvgIpc) is 3.36. The van der Waals surface area contributed by atoms with Crippen LogP contribution < -0.4 is 10.6 Å². The van der Waals surface area contributed by atoms with Crippen LogP contribution in [-0.4, -0.2) is 64.7 Å². The third kappa shape index (κ3) is 3.59. The fourth-order valence-corrected chi connectivity index (χ4v) is 5.85. The van der Waals surface area contributed by atoms with Crippen LogP contribution in [0.15, 0.2) is 30.3 Å². The van der Waals surface area contributed by atoms with E-state index in [1.165, 1.54) is 4.90 Å². The van der Waals surface area contributed by atoms with E-state index < -0.39 is 29.1 Å². The molecular weight excluding hydrogens is 410 g/mol. The minimum Gasteiger partial charge on any atom is -0.396 e. The lowest BCUT2D eigenvalue weighted by atomic mass is 9.66. The quantitative estimate of drug-likeness (QED) is 0.527. The van der Waals surface area contributed by atoms with Crippen molar-refractivity contribution < 1.29 is 24.2 Å². The van der Waals surface area contributed by atoms with Crippen molar-refractivity contribution in [1.82, 2.24) is 15.5 Å². The van der Waals surface area contributed by atoms with Gasteiger partial charge in [-0.2, -0.15) is 0 Å². The molecule has 174 valence electrons. The molecule has 4 rings (SSSR count). The van der Waals surface area contributed by atoms with Gasteiger partial charge in [0.15, 0.2) is 0 Å². The van der Waals surface area contributed by atoms with Gasteiger partial charge in [-0.3, -0.25) is 14.4 Å². The molecule has 3 N–H and O–H groups in total. The number of carbonyl (C=O) groups excluding carboxylic acids is 3. The van der Waals surface area contributed by atoms with Gasteiger partial charge in [-0.25, -0.2) is 0 Å². The summed E-state index contributed by atoms with van der Waals surface area (Å²) in [6, 6.07) is 8.77. The van der Waals surface area contributed by atoms with E-state index >= 15 is 0 Å². The minimum absolute atomic E-state index is 0.0845. The van der Waals surface area contributed by atoms with Crippen molar-refractivity contribution in [2.45, 2.75) is 63.3 Å². The summed E-state index contributed by atoms with van der Waals surface area (Å²) < 4.78 is 6.50. The van der Waals surface area contributed by atoms with E-state index in [0.717, 1.165) is 12.0 Å². The maximum absolute atomic E-state index is 13.6. The molecule has 5 atom stereocenters. The van der Waals surface area contributed by atoms with Gasteiger partial charge in [0.1, 0.15) is 11.6 Å². The Kier molecular flexibility index (Phi) is 6.27. The van der Waals surface area contributed by atoms with Crippen LogP contribution >= 0.6 is 0 Å². The second-order valence-corrected chi connectivity index (χ2v) is 9.33. The van der Waals surface area contributed by atoms with E-state index in [-0.39, 0.29) is 30.9 Å². The predicted octanol–water partition coefficient (Wildman–Crippen LogP) is 0.976. The van der Waals surface area contributed by atoms with Crippen LogP contribution in [0.25, 0.3) is 0 Å². The number of rotatable bonds is 9. The van der Waals surface area contributed by atoms with Gasteiger partial charge in [-0.1, -0.05) is 37.3 Å². The van der Waals surface area contributed by atoms with Crippen molar-refractivity contribution in [1.29, 1.82) is 0 Å². The van der Waals surface area contributed by atoms with Crippen molar-refractivity contribution in [2.24, 2.45) is 11.8 Å². The van der Waals surface area contributed by atoms with Crippen molar-refractivity contribution in [3.63, 3.8) is 0 Å². The minimum atomic E-state index is -1.02. The fourth-order valence-electron chi connectivity index (χ4n) is 5.85. The summed E-state index contributed by atoms with van der Waals surface area (Å²) in [6.45, 7) is 4.91. The van der Waals surface area contributed by atoms with Gasteiger partial charge < -0.3 is 25.4 Å². The summed E-state index contributed by atoms with van der Waals surface area (Å²) in [7, 11) is 0. The molecule has 8 nitrogen and oxygen atoms in total. The first kappa shape index (κ1) is 22.7. The predicted molar refractivity (Wildman–Crippen MR) is 117 cm³/mol.